The Morgan fingerprint density at radius 1 is 0.867 bits per heavy atom. The number of ether oxygens (including phenoxy) is 1. The lowest BCUT2D eigenvalue weighted by atomic mass is 10.1. The van der Waals surface area contributed by atoms with Crippen LogP contribution in [0.3, 0.4) is 0 Å². The zero-order chi connectivity index (χ0) is 20.8. The molecule has 5 rings (SSSR count). The summed E-state index contributed by atoms with van der Waals surface area (Å²) in [6.07, 6.45) is 1.92. The van der Waals surface area contributed by atoms with Crippen LogP contribution in [0.2, 0.25) is 0 Å². The highest BCUT2D eigenvalue weighted by Crippen LogP contribution is 2.35. The zero-order valence-corrected chi connectivity index (χ0v) is 18.6. The second-order valence-corrected chi connectivity index (χ2v) is 8.36. The fourth-order valence-corrected chi connectivity index (χ4v) is 4.02. The average Bonchev–Trinajstić information content (AvgIpc) is 3.16. The average molecular weight is 458 g/mol. The fourth-order valence-electron chi connectivity index (χ4n) is 3.76. The summed E-state index contributed by atoms with van der Waals surface area (Å²) >= 11 is 3.52. The van der Waals surface area contributed by atoms with Crippen LogP contribution < -0.4 is 4.74 Å². The van der Waals surface area contributed by atoms with E-state index in [0.717, 1.165) is 49.0 Å². The molecule has 148 valence electrons. The van der Waals surface area contributed by atoms with Gasteiger partial charge in [-0.05, 0) is 67.4 Å². The molecule has 0 aliphatic rings. The number of hydrogen-bond acceptors (Lipinski definition) is 3. The number of rotatable bonds is 3. The van der Waals surface area contributed by atoms with Crippen molar-refractivity contribution in [2.45, 2.75) is 13.8 Å². The Morgan fingerprint density at radius 3 is 2.40 bits per heavy atom. The summed E-state index contributed by atoms with van der Waals surface area (Å²) < 4.78 is 8.56. The van der Waals surface area contributed by atoms with Gasteiger partial charge in [0.05, 0.1) is 23.8 Å². The van der Waals surface area contributed by atoms with Crippen LogP contribution in [0.1, 0.15) is 11.1 Å². The lowest BCUT2D eigenvalue weighted by Crippen LogP contribution is -1.99. The summed E-state index contributed by atoms with van der Waals surface area (Å²) in [5.41, 5.74) is 7.43. The number of pyridine rings is 1. The molecule has 0 fully saturated rings. The predicted molar refractivity (Wildman–Crippen MR) is 126 cm³/mol. The summed E-state index contributed by atoms with van der Waals surface area (Å²) in [6, 6.07) is 20.6. The van der Waals surface area contributed by atoms with Crippen LogP contribution in [0, 0.1) is 13.8 Å². The van der Waals surface area contributed by atoms with E-state index in [-0.39, 0.29) is 0 Å². The molecule has 5 heteroatoms. The van der Waals surface area contributed by atoms with Crippen molar-refractivity contribution >= 4 is 37.7 Å². The Balaban J connectivity index is 1.89. The third-order valence-electron chi connectivity index (χ3n) is 5.57. The van der Waals surface area contributed by atoms with Gasteiger partial charge in [-0.15, -0.1) is 0 Å². The van der Waals surface area contributed by atoms with E-state index in [4.69, 9.17) is 14.8 Å². The summed E-state index contributed by atoms with van der Waals surface area (Å²) in [6.45, 7) is 4.25. The quantitative estimate of drug-likeness (QED) is 0.305. The van der Waals surface area contributed by atoms with Gasteiger partial charge < -0.3 is 4.74 Å². The van der Waals surface area contributed by atoms with Gasteiger partial charge in [0.2, 0.25) is 0 Å². The molecule has 0 saturated carbocycles. The van der Waals surface area contributed by atoms with Crippen LogP contribution in [-0.2, 0) is 0 Å². The normalized spacial score (nSPS) is 11.3. The molecule has 0 saturated heterocycles. The van der Waals surface area contributed by atoms with Crippen molar-refractivity contribution in [3.8, 4) is 22.7 Å². The van der Waals surface area contributed by atoms with E-state index in [1.807, 2.05) is 41.2 Å². The van der Waals surface area contributed by atoms with Gasteiger partial charge in [0.1, 0.15) is 11.4 Å². The number of fused-ring (bicyclic) bond motifs is 3. The Morgan fingerprint density at radius 2 is 1.67 bits per heavy atom. The molecule has 0 bridgehead atoms. The number of hydrogen-bond donors (Lipinski definition) is 0. The van der Waals surface area contributed by atoms with E-state index in [1.165, 1.54) is 11.1 Å². The highest BCUT2D eigenvalue weighted by atomic mass is 79.9. The van der Waals surface area contributed by atoms with Crippen LogP contribution in [-0.4, -0.2) is 21.9 Å². The van der Waals surface area contributed by atoms with Crippen molar-refractivity contribution in [3.63, 3.8) is 0 Å². The van der Waals surface area contributed by atoms with E-state index in [1.54, 1.807) is 7.11 Å². The molecule has 0 spiro atoms. The molecule has 2 aromatic heterocycles. The third-order valence-corrected chi connectivity index (χ3v) is 6.10. The second kappa shape index (κ2) is 7.26. The van der Waals surface area contributed by atoms with Gasteiger partial charge in [0.15, 0.2) is 0 Å². The zero-order valence-electron chi connectivity index (χ0n) is 17.0. The van der Waals surface area contributed by atoms with Crippen LogP contribution in [0.4, 0.5) is 0 Å². The predicted octanol–water partition coefficient (Wildman–Crippen LogP) is 6.63. The first kappa shape index (κ1) is 18.8. The van der Waals surface area contributed by atoms with Crippen molar-refractivity contribution in [3.05, 3.63) is 82.5 Å². The van der Waals surface area contributed by atoms with E-state index in [2.05, 4.69) is 60.1 Å². The number of halogens is 1. The molecule has 0 aliphatic carbocycles. The maximum Gasteiger partial charge on any atom is 0.119 e. The van der Waals surface area contributed by atoms with Crippen LogP contribution >= 0.6 is 15.9 Å². The first-order valence-corrected chi connectivity index (χ1v) is 10.5. The van der Waals surface area contributed by atoms with Crippen LogP contribution in [0.15, 0.2) is 71.3 Å². The first-order valence-electron chi connectivity index (χ1n) is 9.74. The topological polar surface area (TPSA) is 39.9 Å². The van der Waals surface area contributed by atoms with Crippen LogP contribution in [0.5, 0.6) is 5.75 Å². The van der Waals surface area contributed by atoms with Crippen molar-refractivity contribution < 1.29 is 4.74 Å². The Bertz CT molecular complexity index is 1400. The van der Waals surface area contributed by atoms with Gasteiger partial charge in [0, 0.05) is 27.0 Å². The molecule has 0 aliphatic heterocycles. The van der Waals surface area contributed by atoms with Gasteiger partial charge in [-0.2, -0.15) is 5.10 Å². The summed E-state index contributed by atoms with van der Waals surface area (Å²) in [4.78, 5) is 4.71. The molecule has 4 nitrogen and oxygen atoms in total. The molecular formula is C25H20BrN3O. The standard InChI is InChI=1S/C25H20BrN3O/c1-15-4-9-19(12-16(15)2)29-25-21-13-20(30-3)10-11-23(21)27-14-22(25)24(28-29)17-5-7-18(26)8-6-17/h4-14H,1-3H3. The monoisotopic (exact) mass is 457 g/mol. The molecule has 3 aromatic carbocycles. The van der Waals surface area contributed by atoms with E-state index >= 15 is 0 Å². The second-order valence-electron chi connectivity index (χ2n) is 7.44. The molecule has 2 heterocycles. The maximum atomic E-state index is 5.49. The smallest absolute Gasteiger partial charge is 0.119 e. The van der Waals surface area contributed by atoms with E-state index in [9.17, 15) is 0 Å². The molecule has 0 unspecified atom stereocenters. The van der Waals surface area contributed by atoms with Crippen LogP contribution in [0.25, 0.3) is 38.8 Å². The van der Waals surface area contributed by atoms with Gasteiger partial charge in [-0.25, -0.2) is 4.68 Å². The number of benzene rings is 3. The Labute approximate surface area is 183 Å². The molecule has 30 heavy (non-hydrogen) atoms. The molecule has 0 amide bonds. The van der Waals surface area contributed by atoms with Crippen molar-refractivity contribution in [2.24, 2.45) is 0 Å². The lowest BCUT2D eigenvalue weighted by Gasteiger charge is -2.09. The van der Waals surface area contributed by atoms with Gasteiger partial charge in [0.25, 0.3) is 0 Å². The summed E-state index contributed by atoms with van der Waals surface area (Å²) in [5.74, 6) is 0.801. The number of aryl methyl sites for hydroxylation is 2. The number of aromatic nitrogens is 3. The Kier molecular flexibility index (Phi) is 4.55. The minimum Gasteiger partial charge on any atom is -0.497 e. The molecular weight excluding hydrogens is 438 g/mol. The highest BCUT2D eigenvalue weighted by molar-refractivity contribution is 9.10. The van der Waals surface area contributed by atoms with E-state index in [0.29, 0.717) is 0 Å². The molecule has 0 radical (unpaired) electrons. The summed E-state index contributed by atoms with van der Waals surface area (Å²) in [5, 5.41) is 7.08. The van der Waals surface area contributed by atoms with Crippen molar-refractivity contribution in [1.29, 1.82) is 0 Å². The first-order chi connectivity index (χ1) is 14.5. The molecule has 0 N–H and O–H groups in total. The minimum atomic E-state index is 0.801. The van der Waals surface area contributed by atoms with E-state index < -0.39 is 0 Å². The van der Waals surface area contributed by atoms with Gasteiger partial charge in [-0.1, -0.05) is 34.1 Å². The fraction of sp³-hybridized carbons (Fsp3) is 0.120. The SMILES string of the molecule is COc1ccc2ncc3c(-c4ccc(Br)cc4)nn(-c4ccc(C)c(C)c4)c3c2c1. The number of nitrogens with zero attached hydrogens (tertiary/aromatic N) is 3. The maximum absolute atomic E-state index is 5.49. The minimum absolute atomic E-state index is 0.801. The summed E-state index contributed by atoms with van der Waals surface area (Å²) in [7, 11) is 1.68. The third kappa shape index (κ3) is 3.06. The van der Waals surface area contributed by atoms with Gasteiger partial charge >= 0.3 is 0 Å². The van der Waals surface area contributed by atoms with Gasteiger partial charge in [-0.3, -0.25) is 4.98 Å². The largest absolute Gasteiger partial charge is 0.497 e. The highest BCUT2D eigenvalue weighted by Gasteiger charge is 2.18. The lowest BCUT2D eigenvalue weighted by molar-refractivity contribution is 0.415. The molecule has 0 atom stereocenters. The van der Waals surface area contributed by atoms with Crippen molar-refractivity contribution in [2.75, 3.05) is 7.11 Å². The number of methoxy groups -OCH3 is 1. The Hall–Kier alpha value is -3.18. The molecule has 5 aromatic rings. The van der Waals surface area contributed by atoms with Crippen molar-refractivity contribution in [1.82, 2.24) is 14.8 Å².